The molecular weight excluding hydrogens is 376 g/mol. The molecule has 1 amide bonds. The molecule has 0 aliphatic heterocycles. The van der Waals surface area contributed by atoms with E-state index < -0.39 is 10.0 Å². The SMILES string of the molecule is Cc1cccc(NS(=O)(=O)c2cc(NC(=O)c3cnn(C)c3C)ccc2C)c1. The van der Waals surface area contributed by atoms with Gasteiger partial charge in [0.2, 0.25) is 0 Å². The molecule has 7 nitrogen and oxygen atoms in total. The molecule has 146 valence electrons. The molecule has 0 aliphatic carbocycles. The second-order valence-corrected chi connectivity index (χ2v) is 8.33. The van der Waals surface area contributed by atoms with E-state index in [2.05, 4.69) is 15.1 Å². The van der Waals surface area contributed by atoms with E-state index >= 15 is 0 Å². The van der Waals surface area contributed by atoms with Crippen molar-refractivity contribution in [2.75, 3.05) is 10.0 Å². The Kier molecular flexibility index (Phi) is 5.24. The average Bonchev–Trinajstić information content (AvgIpc) is 2.95. The van der Waals surface area contributed by atoms with E-state index in [4.69, 9.17) is 0 Å². The molecule has 0 unspecified atom stereocenters. The van der Waals surface area contributed by atoms with Crippen LogP contribution in [0.5, 0.6) is 0 Å². The van der Waals surface area contributed by atoms with Crippen LogP contribution in [0.1, 0.15) is 27.2 Å². The Morgan fingerprint density at radius 1 is 1.04 bits per heavy atom. The van der Waals surface area contributed by atoms with E-state index in [0.29, 0.717) is 22.5 Å². The van der Waals surface area contributed by atoms with Crippen LogP contribution < -0.4 is 10.0 Å². The summed E-state index contributed by atoms with van der Waals surface area (Å²) < 4.78 is 29.9. The third-order valence-electron chi connectivity index (χ3n) is 4.49. The van der Waals surface area contributed by atoms with Gasteiger partial charge in [-0.15, -0.1) is 0 Å². The minimum atomic E-state index is -3.81. The Morgan fingerprint density at radius 2 is 1.79 bits per heavy atom. The Bertz CT molecular complexity index is 1150. The third kappa shape index (κ3) is 4.07. The van der Waals surface area contributed by atoms with Crippen LogP contribution in [0.4, 0.5) is 11.4 Å². The number of aryl methyl sites for hydroxylation is 3. The lowest BCUT2D eigenvalue weighted by atomic mass is 10.2. The molecule has 0 radical (unpaired) electrons. The lowest BCUT2D eigenvalue weighted by Gasteiger charge is -2.13. The summed E-state index contributed by atoms with van der Waals surface area (Å²) in [4.78, 5) is 12.6. The number of carbonyl (C=O) groups is 1. The van der Waals surface area contributed by atoms with Gasteiger partial charge in [0.05, 0.1) is 16.7 Å². The molecule has 1 heterocycles. The number of carbonyl (C=O) groups excluding carboxylic acids is 1. The highest BCUT2D eigenvalue weighted by atomic mass is 32.2. The molecule has 0 aliphatic rings. The van der Waals surface area contributed by atoms with Crippen molar-refractivity contribution in [3.05, 3.63) is 71.0 Å². The third-order valence-corrected chi connectivity index (χ3v) is 6.01. The Hall–Kier alpha value is -3.13. The maximum absolute atomic E-state index is 12.9. The molecule has 0 spiro atoms. The molecule has 2 N–H and O–H groups in total. The predicted molar refractivity (Wildman–Crippen MR) is 109 cm³/mol. The minimum absolute atomic E-state index is 0.106. The molecule has 8 heteroatoms. The van der Waals surface area contributed by atoms with Crippen molar-refractivity contribution in [2.24, 2.45) is 7.05 Å². The van der Waals surface area contributed by atoms with Crippen LogP contribution in [0, 0.1) is 20.8 Å². The zero-order chi connectivity index (χ0) is 20.5. The van der Waals surface area contributed by atoms with Crippen LogP contribution in [0.25, 0.3) is 0 Å². The number of amides is 1. The fraction of sp³-hybridized carbons (Fsp3) is 0.200. The minimum Gasteiger partial charge on any atom is -0.322 e. The van der Waals surface area contributed by atoms with E-state index in [-0.39, 0.29) is 10.8 Å². The van der Waals surface area contributed by atoms with E-state index in [1.54, 1.807) is 55.9 Å². The van der Waals surface area contributed by atoms with Gasteiger partial charge in [-0.25, -0.2) is 8.42 Å². The fourth-order valence-corrected chi connectivity index (χ4v) is 4.13. The average molecular weight is 398 g/mol. The first-order chi connectivity index (χ1) is 13.2. The van der Waals surface area contributed by atoms with Gasteiger partial charge in [-0.2, -0.15) is 5.10 Å². The van der Waals surface area contributed by atoms with Crippen molar-refractivity contribution in [2.45, 2.75) is 25.7 Å². The summed E-state index contributed by atoms with van der Waals surface area (Å²) in [5.41, 5.74) is 3.56. The van der Waals surface area contributed by atoms with E-state index in [9.17, 15) is 13.2 Å². The topological polar surface area (TPSA) is 93.1 Å². The maximum Gasteiger partial charge on any atom is 0.262 e. The van der Waals surface area contributed by atoms with Crippen LogP contribution in [0.3, 0.4) is 0 Å². The Morgan fingerprint density at radius 3 is 2.43 bits per heavy atom. The normalized spacial score (nSPS) is 11.3. The number of anilines is 2. The van der Waals surface area contributed by atoms with Gasteiger partial charge in [0.15, 0.2) is 0 Å². The number of hydrogen-bond acceptors (Lipinski definition) is 4. The van der Waals surface area contributed by atoms with Crippen molar-refractivity contribution in [1.82, 2.24) is 9.78 Å². The molecule has 3 aromatic rings. The number of sulfonamides is 1. The van der Waals surface area contributed by atoms with Crippen molar-refractivity contribution < 1.29 is 13.2 Å². The van der Waals surface area contributed by atoms with Gasteiger partial charge < -0.3 is 5.32 Å². The summed E-state index contributed by atoms with van der Waals surface area (Å²) in [6, 6.07) is 11.9. The number of benzene rings is 2. The second kappa shape index (κ2) is 7.47. The standard InChI is InChI=1S/C20H22N4O3S/c1-13-6-5-7-17(10-13)23-28(26,27)19-11-16(9-8-14(19)2)22-20(25)18-12-21-24(4)15(18)3/h5-12,23H,1-4H3,(H,22,25). The summed E-state index contributed by atoms with van der Waals surface area (Å²) in [6.07, 6.45) is 1.48. The summed E-state index contributed by atoms with van der Waals surface area (Å²) in [5, 5.41) is 6.79. The number of nitrogens with one attached hydrogen (secondary N) is 2. The summed E-state index contributed by atoms with van der Waals surface area (Å²) in [5.74, 6) is -0.343. The summed E-state index contributed by atoms with van der Waals surface area (Å²) >= 11 is 0. The highest BCUT2D eigenvalue weighted by molar-refractivity contribution is 7.92. The van der Waals surface area contributed by atoms with Crippen molar-refractivity contribution in [3.63, 3.8) is 0 Å². The van der Waals surface area contributed by atoms with Crippen molar-refractivity contribution in [1.29, 1.82) is 0 Å². The van der Waals surface area contributed by atoms with Gasteiger partial charge in [-0.05, 0) is 56.2 Å². The Balaban J connectivity index is 1.88. The van der Waals surface area contributed by atoms with Crippen LogP contribution in [0.15, 0.2) is 53.6 Å². The number of aromatic nitrogens is 2. The van der Waals surface area contributed by atoms with Crippen LogP contribution in [-0.2, 0) is 17.1 Å². The smallest absolute Gasteiger partial charge is 0.262 e. The zero-order valence-electron chi connectivity index (χ0n) is 16.1. The number of rotatable bonds is 5. The summed E-state index contributed by atoms with van der Waals surface area (Å²) in [6.45, 7) is 5.39. The molecular formula is C20H22N4O3S. The molecule has 0 atom stereocenters. The Labute approximate surface area is 164 Å². The van der Waals surface area contributed by atoms with E-state index in [1.807, 2.05) is 13.0 Å². The maximum atomic E-state index is 12.9. The highest BCUT2D eigenvalue weighted by Crippen LogP contribution is 2.24. The number of hydrogen-bond donors (Lipinski definition) is 2. The number of nitrogens with zero attached hydrogens (tertiary/aromatic N) is 2. The van der Waals surface area contributed by atoms with E-state index in [0.717, 1.165) is 11.3 Å². The predicted octanol–water partition coefficient (Wildman–Crippen LogP) is 3.40. The lowest BCUT2D eigenvalue weighted by Crippen LogP contribution is -2.16. The van der Waals surface area contributed by atoms with E-state index in [1.165, 1.54) is 12.3 Å². The van der Waals surface area contributed by atoms with Crippen molar-refractivity contribution >= 4 is 27.3 Å². The zero-order valence-corrected chi connectivity index (χ0v) is 17.0. The molecule has 1 aromatic heterocycles. The van der Waals surface area contributed by atoms with Gasteiger partial charge in [0.25, 0.3) is 15.9 Å². The van der Waals surface area contributed by atoms with Gasteiger partial charge in [0.1, 0.15) is 0 Å². The summed E-state index contributed by atoms with van der Waals surface area (Å²) in [7, 11) is -2.06. The fourth-order valence-electron chi connectivity index (χ4n) is 2.81. The quantitative estimate of drug-likeness (QED) is 0.689. The molecule has 3 rings (SSSR count). The van der Waals surface area contributed by atoms with Gasteiger partial charge >= 0.3 is 0 Å². The van der Waals surface area contributed by atoms with Gasteiger partial charge in [-0.1, -0.05) is 18.2 Å². The second-order valence-electron chi connectivity index (χ2n) is 6.68. The van der Waals surface area contributed by atoms with Crippen LogP contribution >= 0.6 is 0 Å². The molecule has 0 fully saturated rings. The monoisotopic (exact) mass is 398 g/mol. The first kappa shape index (κ1) is 19.6. The van der Waals surface area contributed by atoms with Crippen LogP contribution in [-0.4, -0.2) is 24.1 Å². The molecule has 0 saturated carbocycles. The largest absolute Gasteiger partial charge is 0.322 e. The molecule has 28 heavy (non-hydrogen) atoms. The first-order valence-electron chi connectivity index (χ1n) is 8.67. The molecule has 2 aromatic carbocycles. The highest BCUT2D eigenvalue weighted by Gasteiger charge is 2.19. The van der Waals surface area contributed by atoms with Gasteiger partial charge in [-0.3, -0.25) is 14.2 Å². The van der Waals surface area contributed by atoms with Crippen molar-refractivity contribution in [3.8, 4) is 0 Å². The van der Waals surface area contributed by atoms with Crippen LogP contribution in [0.2, 0.25) is 0 Å². The molecule has 0 bridgehead atoms. The van der Waals surface area contributed by atoms with Gasteiger partial charge in [0, 0.05) is 24.1 Å². The molecule has 0 saturated heterocycles. The lowest BCUT2D eigenvalue weighted by molar-refractivity contribution is 0.102. The first-order valence-corrected chi connectivity index (χ1v) is 10.2.